The van der Waals surface area contributed by atoms with Crippen molar-refractivity contribution in [2.45, 2.75) is 45.2 Å². The standard InChI is InChI=1S/C16H20N2S/c1-10-3-4-11(2)16-12(5-6-14(10)16)7-13-8-17-15(9-19)18-13/h3-4,8-9,12,15,17-18H,5-7H2,1-2H3. The Morgan fingerprint density at radius 3 is 2.84 bits per heavy atom. The normalized spacial score (nSPS) is 24.4. The van der Waals surface area contributed by atoms with Gasteiger partial charge in [0.25, 0.3) is 0 Å². The molecule has 1 heterocycles. The van der Waals surface area contributed by atoms with Gasteiger partial charge in [0.1, 0.15) is 6.17 Å². The summed E-state index contributed by atoms with van der Waals surface area (Å²) in [6, 6.07) is 4.52. The molecule has 2 atom stereocenters. The molecule has 1 aromatic carbocycles. The lowest BCUT2D eigenvalue weighted by atomic mass is 9.91. The molecule has 2 aliphatic rings. The predicted molar refractivity (Wildman–Crippen MR) is 83.4 cm³/mol. The van der Waals surface area contributed by atoms with Crippen LogP contribution < -0.4 is 10.6 Å². The lowest BCUT2D eigenvalue weighted by molar-refractivity contribution is 0.626. The van der Waals surface area contributed by atoms with Gasteiger partial charge < -0.3 is 10.6 Å². The first-order chi connectivity index (χ1) is 9.19. The van der Waals surface area contributed by atoms with Gasteiger partial charge in [-0.1, -0.05) is 24.4 Å². The van der Waals surface area contributed by atoms with Crippen LogP contribution in [0.3, 0.4) is 0 Å². The summed E-state index contributed by atoms with van der Waals surface area (Å²) in [5, 5.41) is 8.41. The highest BCUT2D eigenvalue weighted by molar-refractivity contribution is 7.79. The van der Waals surface area contributed by atoms with Gasteiger partial charge in [0.2, 0.25) is 0 Å². The molecule has 19 heavy (non-hydrogen) atoms. The van der Waals surface area contributed by atoms with Crippen molar-refractivity contribution in [3.63, 3.8) is 0 Å². The van der Waals surface area contributed by atoms with Crippen molar-refractivity contribution in [1.82, 2.24) is 10.6 Å². The van der Waals surface area contributed by atoms with Gasteiger partial charge >= 0.3 is 0 Å². The van der Waals surface area contributed by atoms with E-state index in [1.165, 1.54) is 29.7 Å². The average Bonchev–Trinajstić information content (AvgIpc) is 3.02. The van der Waals surface area contributed by atoms with Gasteiger partial charge in [0, 0.05) is 17.3 Å². The van der Waals surface area contributed by atoms with Crippen LogP contribution in [-0.4, -0.2) is 11.5 Å². The lowest BCUT2D eigenvalue weighted by Gasteiger charge is -2.16. The highest BCUT2D eigenvalue weighted by Crippen LogP contribution is 2.40. The van der Waals surface area contributed by atoms with Gasteiger partial charge in [-0.15, -0.1) is 0 Å². The second kappa shape index (κ2) is 4.97. The smallest absolute Gasteiger partial charge is 0.126 e. The Hall–Kier alpha value is -1.35. The van der Waals surface area contributed by atoms with Crippen LogP contribution >= 0.6 is 12.2 Å². The molecule has 0 aromatic heterocycles. The van der Waals surface area contributed by atoms with Gasteiger partial charge in [0.15, 0.2) is 0 Å². The Balaban J connectivity index is 1.80. The molecular weight excluding hydrogens is 252 g/mol. The summed E-state index contributed by atoms with van der Waals surface area (Å²) in [6.45, 7) is 4.47. The minimum Gasteiger partial charge on any atom is -0.366 e. The Kier molecular flexibility index (Phi) is 3.31. The molecule has 2 unspecified atom stereocenters. The monoisotopic (exact) mass is 272 g/mol. The van der Waals surface area contributed by atoms with E-state index in [0.29, 0.717) is 5.92 Å². The summed E-state index contributed by atoms with van der Waals surface area (Å²) in [7, 11) is 0. The Morgan fingerprint density at radius 2 is 2.11 bits per heavy atom. The lowest BCUT2D eigenvalue weighted by Crippen LogP contribution is -2.32. The van der Waals surface area contributed by atoms with Gasteiger partial charge in [-0.05, 0) is 61.3 Å². The molecule has 0 saturated carbocycles. The van der Waals surface area contributed by atoms with E-state index in [1.54, 1.807) is 16.5 Å². The summed E-state index contributed by atoms with van der Waals surface area (Å²) >= 11 is 4.97. The molecule has 2 N–H and O–H groups in total. The zero-order valence-corrected chi connectivity index (χ0v) is 12.3. The summed E-state index contributed by atoms with van der Waals surface area (Å²) in [5.41, 5.74) is 7.36. The number of fused-ring (bicyclic) bond motifs is 1. The van der Waals surface area contributed by atoms with Crippen molar-refractivity contribution < 1.29 is 0 Å². The predicted octanol–water partition coefficient (Wildman–Crippen LogP) is 3.08. The third-order valence-corrected chi connectivity index (χ3v) is 4.61. The largest absolute Gasteiger partial charge is 0.366 e. The van der Waals surface area contributed by atoms with Crippen LogP contribution in [0.15, 0.2) is 24.0 Å². The molecule has 100 valence electrons. The van der Waals surface area contributed by atoms with Gasteiger partial charge in [0.05, 0.1) is 0 Å². The minimum atomic E-state index is 0.129. The Morgan fingerprint density at radius 1 is 1.32 bits per heavy atom. The molecule has 0 bridgehead atoms. The van der Waals surface area contributed by atoms with Crippen molar-refractivity contribution >= 4 is 17.6 Å². The molecule has 1 aromatic rings. The molecule has 0 radical (unpaired) electrons. The molecule has 0 saturated heterocycles. The van der Waals surface area contributed by atoms with Gasteiger partial charge in [-0.25, -0.2) is 0 Å². The first-order valence-electron chi connectivity index (χ1n) is 6.95. The fourth-order valence-corrected chi connectivity index (χ4v) is 3.53. The number of hydrogen-bond acceptors (Lipinski definition) is 3. The first kappa shape index (κ1) is 12.7. The highest BCUT2D eigenvalue weighted by atomic mass is 32.1. The van der Waals surface area contributed by atoms with E-state index >= 15 is 0 Å². The Bertz CT molecular complexity index is 548. The number of allylic oxidation sites excluding steroid dienone is 1. The molecule has 3 rings (SSSR count). The second-order valence-corrected chi connectivity index (χ2v) is 5.90. The van der Waals surface area contributed by atoms with Crippen molar-refractivity contribution in [3.05, 3.63) is 46.3 Å². The molecule has 0 spiro atoms. The number of thiocarbonyl (C=S) groups is 1. The van der Waals surface area contributed by atoms with Crippen LogP contribution in [0, 0.1) is 13.8 Å². The number of nitrogens with one attached hydrogen (secondary N) is 2. The van der Waals surface area contributed by atoms with Gasteiger partial charge in [-0.3, -0.25) is 0 Å². The fraction of sp³-hybridized carbons (Fsp3) is 0.438. The Labute approximate surface area is 120 Å². The topological polar surface area (TPSA) is 24.1 Å². The number of rotatable bonds is 3. The number of benzene rings is 1. The van der Waals surface area contributed by atoms with Gasteiger partial charge in [-0.2, -0.15) is 0 Å². The average molecular weight is 272 g/mol. The van der Waals surface area contributed by atoms with Crippen LogP contribution in [0.4, 0.5) is 0 Å². The van der Waals surface area contributed by atoms with Crippen LogP contribution in [0.2, 0.25) is 0 Å². The quantitative estimate of drug-likeness (QED) is 0.827. The molecule has 2 nitrogen and oxygen atoms in total. The van der Waals surface area contributed by atoms with E-state index < -0.39 is 0 Å². The molecular formula is C16H20N2S. The maximum Gasteiger partial charge on any atom is 0.126 e. The maximum atomic E-state index is 4.97. The maximum absolute atomic E-state index is 4.97. The first-order valence-corrected chi connectivity index (χ1v) is 7.42. The fourth-order valence-electron chi connectivity index (χ4n) is 3.39. The highest BCUT2D eigenvalue weighted by Gasteiger charge is 2.27. The molecule has 1 aliphatic heterocycles. The summed E-state index contributed by atoms with van der Waals surface area (Å²) in [4.78, 5) is 0. The van der Waals surface area contributed by atoms with Crippen molar-refractivity contribution in [1.29, 1.82) is 0 Å². The summed E-state index contributed by atoms with van der Waals surface area (Å²) in [6.07, 6.45) is 5.79. The minimum absolute atomic E-state index is 0.129. The summed E-state index contributed by atoms with van der Waals surface area (Å²) < 4.78 is 0. The van der Waals surface area contributed by atoms with E-state index in [9.17, 15) is 0 Å². The van der Waals surface area contributed by atoms with Crippen molar-refractivity contribution in [3.8, 4) is 0 Å². The van der Waals surface area contributed by atoms with Crippen LogP contribution in [0.25, 0.3) is 0 Å². The SMILES string of the molecule is Cc1ccc(C)c2c1CCC2CC1=CNC(C=S)N1. The molecule has 3 heteroatoms. The van der Waals surface area contributed by atoms with Crippen molar-refractivity contribution in [2.24, 2.45) is 0 Å². The van der Waals surface area contributed by atoms with Crippen LogP contribution in [0.1, 0.15) is 41.0 Å². The number of hydrogen-bond donors (Lipinski definition) is 2. The molecule has 0 fully saturated rings. The van der Waals surface area contributed by atoms with Crippen LogP contribution in [-0.2, 0) is 6.42 Å². The van der Waals surface area contributed by atoms with E-state index in [2.05, 4.69) is 42.8 Å². The van der Waals surface area contributed by atoms with E-state index in [1.807, 2.05) is 0 Å². The van der Waals surface area contributed by atoms with E-state index in [4.69, 9.17) is 12.2 Å². The third-order valence-electron chi connectivity index (χ3n) is 4.34. The second-order valence-electron chi connectivity index (χ2n) is 5.63. The van der Waals surface area contributed by atoms with Crippen LogP contribution in [0.5, 0.6) is 0 Å². The van der Waals surface area contributed by atoms with Crippen molar-refractivity contribution in [2.75, 3.05) is 0 Å². The zero-order valence-electron chi connectivity index (χ0n) is 11.5. The third kappa shape index (κ3) is 2.27. The molecule has 1 aliphatic carbocycles. The summed E-state index contributed by atoms with van der Waals surface area (Å²) in [5.74, 6) is 0.652. The van der Waals surface area contributed by atoms with E-state index in [-0.39, 0.29) is 6.17 Å². The molecule has 0 amide bonds. The van der Waals surface area contributed by atoms with E-state index in [0.717, 1.165) is 6.42 Å². The zero-order chi connectivity index (χ0) is 13.4. The number of aryl methyl sites for hydroxylation is 2.